The third kappa shape index (κ3) is 13.4. The van der Waals surface area contributed by atoms with E-state index < -0.39 is 5.97 Å². The van der Waals surface area contributed by atoms with Crippen LogP contribution in [0.25, 0.3) is 0 Å². The van der Waals surface area contributed by atoms with Gasteiger partial charge >= 0.3 is 5.97 Å². The number of carboxylic acid groups (broad SMARTS) is 1. The summed E-state index contributed by atoms with van der Waals surface area (Å²) in [5.74, 6) is -0.697. The Morgan fingerprint density at radius 2 is 1.94 bits per heavy atom. The lowest BCUT2D eigenvalue weighted by Crippen LogP contribution is -2.21. The highest BCUT2D eigenvalue weighted by Gasteiger charge is 1.95. The van der Waals surface area contributed by atoms with Gasteiger partial charge in [0.1, 0.15) is 0 Å². The van der Waals surface area contributed by atoms with E-state index in [2.05, 4.69) is 12.2 Å². The summed E-state index contributed by atoms with van der Waals surface area (Å²) >= 11 is 0. The molecule has 0 fully saturated rings. The molecule has 0 atom stereocenters. The zero-order valence-corrected chi connectivity index (χ0v) is 10.3. The number of hydrogen-bond acceptors (Lipinski definition) is 3. The molecular formula is C12H25NO3. The fourth-order valence-electron chi connectivity index (χ4n) is 1.32. The van der Waals surface area contributed by atoms with Gasteiger partial charge in [-0.1, -0.05) is 19.8 Å². The first-order valence-electron chi connectivity index (χ1n) is 6.27. The van der Waals surface area contributed by atoms with E-state index in [1.807, 2.05) is 0 Å². The molecule has 0 amide bonds. The zero-order valence-electron chi connectivity index (χ0n) is 10.3. The van der Waals surface area contributed by atoms with Gasteiger partial charge in [0.2, 0.25) is 0 Å². The van der Waals surface area contributed by atoms with Gasteiger partial charge in [0, 0.05) is 19.6 Å². The normalized spacial score (nSPS) is 10.6. The Kier molecular flexibility index (Phi) is 12.0. The van der Waals surface area contributed by atoms with Crippen LogP contribution in [0.1, 0.15) is 45.4 Å². The largest absolute Gasteiger partial charge is 0.481 e. The Balaban J connectivity index is 2.90. The van der Waals surface area contributed by atoms with Gasteiger partial charge in [-0.3, -0.25) is 4.79 Å². The van der Waals surface area contributed by atoms with Gasteiger partial charge in [0.05, 0.1) is 6.61 Å². The molecule has 0 aliphatic carbocycles. The summed E-state index contributed by atoms with van der Waals surface area (Å²) in [6, 6.07) is 0. The number of hydrogen-bond donors (Lipinski definition) is 2. The minimum atomic E-state index is -0.697. The molecule has 0 heterocycles. The van der Waals surface area contributed by atoms with E-state index >= 15 is 0 Å². The van der Waals surface area contributed by atoms with Crippen molar-refractivity contribution in [2.45, 2.75) is 45.4 Å². The van der Waals surface area contributed by atoms with Crippen molar-refractivity contribution in [2.24, 2.45) is 0 Å². The average molecular weight is 231 g/mol. The van der Waals surface area contributed by atoms with Gasteiger partial charge in [0.25, 0.3) is 0 Å². The summed E-state index contributed by atoms with van der Waals surface area (Å²) < 4.78 is 5.39. The maximum atomic E-state index is 10.2. The van der Waals surface area contributed by atoms with Crippen molar-refractivity contribution < 1.29 is 14.6 Å². The minimum Gasteiger partial charge on any atom is -0.481 e. The minimum absolute atomic E-state index is 0.292. The molecule has 0 aromatic heterocycles. The zero-order chi connectivity index (χ0) is 12.1. The fraction of sp³-hybridized carbons (Fsp3) is 0.917. The van der Waals surface area contributed by atoms with Crippen LogP contribution in [0.5, 0.6) is 0 Å². The highest BCUT2D eigenvalue weighted by atomic mass is 16.5. The molecule has 0 aliphatic heterocycles. The number of ether oxygens (including phenoxy) is 1. The van der Waals surface area contributed by atoms with Gasteiger partial charge in [-0.05, 0) is 25.8 Å². The topological polar surface area (TPSA) is 58.6 Å². The molecule has 0 spiro atoms. The van der Waals surface area contributed by atoms with E-state index in [-0.39, 0.29) is 0 Å². The van der Waals surface area contributed by atoms with Crippen LogP contribution in [0.15, 0.2) is 0 Å². The average Bonchev–Trinajstić information content (AvgIpc) is 2.25. The second kappa shape index (κ2) is 12.5. The van der Waals surface area contributed by atoms with Crippen LogP contribution in [0.2, 0.25) is 0 Å². The number of carbonyl (C=O) groups is 1. The van der Waals surface area contributed by atoms with Crippen LogP contribution < -0.4 is 5.32 Å². The summed E-state index contributed by atoms with van der Waals surface area (Å²) in [5.41, 5.74) is 0. The summed E-state index contributed by atoms with van der Waals surface area (Å²) in [5, 5.41) is 11.7. The number of nitrogens with one attached hydrogen (secondary N) is 1. The van der Waals surface area contributed by atoms with Crippen molar-refractivity contribution in [1.82, 2.24) is 5.32 Å². The molecular weight excluding hydrogens is 206 g/mol. The fourth-order valence-corrected chi connectivity index (χ4v) is 1.32. The monoisotopic (exact) mass is 231 g/mol. The van der Waals surface area contributed by atoms with Crippen LogP contribution in [-0.2, 0) is 9.53 Å². The molecule has 0 saturated carbocycles. The lowest BCUT2D eigenvalue weighted by atomic mass is 10.2. The van der Waals surface area contributed by atoms with Gasteiger partial charge in [-0.2, -0.15) is 0 Å². The lowest BCUT2D eigenvalue weighted by Gasteiger charge is -2.05. The van der Waals surface area contributed by atoms with E-state index in [1.54, 1.807) is 0 Å². The molecule has 0 radical (unpaired) electrons. The van der Waals surface area contributed by atoms with Crippen molar-refractivity contribution in [3.63, 3.8) is 0 Å². The Labute approximate surface area is 98.4 Å². The molecule has 0 aliphatic rings. The second-order valence-corrected chi connectivity index (χ2v) is 3.92. The molecule has 0 unspecified atom stereocenters. The Bertz CT molecular complexity index is 162. The molecule has 4 heteroatoms. The third-order valence-corrected chi connectivity index (χ3v) is 2.31. The summed E-state index contributed by atoms with van der Waals surface area (Å²) in [6.45, 7) is 5.63. The number of rotatable bonds is 12. The van der Waals surface area contributed by atoms with Crippen molar-refractivity contribution in [3.05, 3.63) is 0 Å². The summed E-state index contributed by atoms with van der Waals surface area (Å²) in [7, 11) is 0. The standard InChI is InChI=1S/C12H25NO3/c1-2-3-10-16-11-9-13-8-6-4-5-7-12(14)15/h13H,2-11H2,1H3,(H,14,15). The van der Waals surface area contributed by atoms with Crippen LogP contribution in [0, 0.1) is 0 Å². The van der Waals surface area contributed by atoms with Gasteiger partial charge < -0.3 is 15.2 Å². The SMILES string of the molecule is CCCCOCCNCCCCCC(=O)O. The van der Waals surface area contributed by atoms with Gasteiger partial charge in [-0.15, -0.1) is 0 Å². The van der Waals surface area contributed by atoms with E-state index in [0.717, 1.165) is 52.0 Å². The maximum absolute atomic E-state index is 10.2. The van der Waals surface area contributed by atoms with Crippen LogP contribution in [0.4, 0.5) is 0 Å². The molecule has 0 aromatic rings. The first-order chi connectivity index (χ1) is 7.77. The lowest BCUT2D eigenvalue weighted by molar-refractivity contribution is -0.137. The van der Waals surface area contributed by atoms with Crippen LogP contribution >= 0.6 is 0 Å². The van der Waals surface area contributed by atoms with E-state index in [0.29, 0.717) is 6.42 Å². The smallest absolute Gasteiger partial charge is 0.303 e. The maximum Gasteiger partial charge on any atom is 0.303 e. The van der Waals surface area contributed by atoms with Crippen molar-refractivity contribution >= 4 is 5.97 Å². The molecule has 4 nitrogen and oxygen atoms in total. The van der Waals surface area contributed by atoms with Crippen molar-refractivity contribution in [1.29, 1.82) is 0 Å². The van der Waals surface area contributed by atoms with Crippen LogP contribution in [-0.4, -0.2) is 37.4 Å². The summed E-state index contributed by atoms with van der Waals surface area (Å²) in [4.78, 5) is 10.2. The number of aliphatic carboxylic acids is 1. The molecule has 0 rings (SSSR count). The predicted octanol–water partition coefficient (Wildman–Crippen LogP) is 2.04. The Hall–Kier alpha value is -0.610. The molecule has 96 valence electrons. The number of unbranched alkanes of at least 4 members (excludes halogenated alkanes) is 3. The summed E-state index contributed by atoms with van der Waals surface area (Å²) in [6.07, 6.45) is 5.41. The molecule has 2 N–H and O–H groups in total. The first kappa shape index (κ1) is 15.4. The van der Waals surface area contributed by atoms with Crippen molar-refractivity contribution in [2.75, 3.05) is 26.3 Å². The highest BCUT2D eigenvalue weighted by molar-refractivity contribution is 5.66. The highest BCUT2D eigenvalue weighted by Crippen LogP contribution is 1.98. The van der Waals surface area contributed by atoms with Gasteiger partial charge in [0.15, 0.2) is 0 Å². The quantitative estimate of drug-likeness (QED) is 0.505. The number of carboxylic acids is 1. The molecule has 0 aromatic carbocycles. The van der Waals surface area contributed by atoms with E-state index in [4.69, 9.17) is 9.84 Å². The third-order valence-electron chi connectivity index (χ3n) is 2.31. The molecule has 0 bridgehead atoms. The molecule has 16 heavy (non-hydrogen) atoms. The van der Waals surface area contributed by atoms with Crippen LogP contribution in [0.3, 0.4) is 0 Å². The van der Waals surface area contributed by atoms with E-state index in [1.165, 1.54) is 6.42 Å². The molecule has 0 saturated heterocycles. The second-order valence-electron chi connectivity index (χ2n) is 3.92. The Morgan fingerprint density at radius 1 is 1.12 bits per heavy atom. The van der Waals surface area contributed by atoms with Crippen molar-refractivity contribution in [3.8, 4) is 0 Å². The van der Waals surface area contributed by atoms with E-state index in [9.17, 15) is 4.79 Å². The Morgan fingerprint density at radius 3 is 2.62 bits per heavy atom. The first-order valence-corrected chi connectivity index (χ1v) is 6.27. The predicted molar refractivity (Wildman–Crippen MR) is 64.7 cm³/mol. The van der Waals surface area contributed by atoms with Gasteiger partial charge in [-0.25, -0.2) is 0 Å².